The third-order valence-corrected chi connectivity index (χ3v) is 6.81. The minimum Gasteiger partial charge on any atom is -0.338 e. The van der Waals surface area contributed by atoms with Gasteiger partial charge in [0.1, 0.15) is 0 Å². The first-order chi connectivity index (χ1) is 14.6. The predicted molar refractivity (Wildman–Crippen MR) is 129 cm³/mol. The van der Waals surface area contributed by atoms with Gasteiger partial charge in [-0.2, -0.15) is 0 Å². The fraction of sp³-hybridized carbons (Fsp3) is 0.917. The molecule has 0 fully saturated rings. The summed E-state index contributed by atoms with van der Waals surface area (Å²) >= 11 is 0. The molecule has 2 N–H and O–H groups in total. The molecule has 0 heterocycles. The Morgan fingerprint density at radius 2 is 1.10 bits per heavy atom. The number of carbonyl (C=O) groups excluding carboxylic acids is 2. The zero-order chi connectivity index (χ0) is 22.3. The molecule has 0 aliphatic carbocycles. The van der Waals surface area contributed by atoms with E-state index in [0.717, 1.165) is 31.4 Å². The Morgan fingerprint density at radius 3 is 1.63 bits per heavy atom. The lowest BCUT2D eigenvalue weighted by Gasteiger charge is -2.07. The van der Waals surface area contributed by atoms with Gasteiger partial charge in [-0.1, -0.05) is 97.3 Å². The van der Waals surface area contributed by atoms with Crippen LogP contribution < -0.4 is 10.6 Å². The van der Waals surface area contributed by atoms with E-state index in [1.165, 1.54) is 70.6 Å². The lowest BCUT2D eigenvalue weighted by molar-refractivity contribution is -0.120. The summed E-state index contributed by atoms with van der Waals surface area (Å²) in [6, 6.07) is -0.436. The van der Waals surface area contributed by atoms with E-state index in [4.69, 9.17) is 0 Å². The van der Waals surface area contributed by atoms with Gasteiger partial charge in [0, 0.05) is 35.3 Å². The van der Waals surface area contributed by atoms with Crippen LogP contribution in [-0.4, -0.2) is 34.2 Å². The van der Waals surface area contributed by atoms with E-state index in [9.17, 15) is 13.8 Å². The second-order valence-corrected chi connectivity index (χ2v) is 10.0. The number of imide groups is 1. The Kier molecular flexibility index (Phi) is 22.1. The van der Waals surface area contributed by atoms with Gasteiger partial charge in [0.25, 0.3) is 0 Å². The van der Waals surface area contributed by atoms with Crippen LogP contribution in [0.15, 0.2) is 0 Å². The SMILES string of the molecule is CCCCCCCCCCCCCCCC(=O)NC(=O)NCCCS(=O)CCCC. The summed E-state index contributed by atoms with van der Waals surface area (Å²) in [4.78, 5) is 23.5. The van der Waals surface area contributed by atoms with Gasteiger partial charge in [-0.05, 0) is 19.3 Å². The standard InChI is InChI=1S/C24H48N2O3S/c1-3-5-7-8-9-10-11-12-13-14-15-16-17-19-23(27)26-24(28)25-20-18-22-30(29)21-6-4-2/h3-22H2,1-2H3,(H2,25,26,27,28). The monoisotopic (exact) mass is 444 g/mol. The van der Waals surface area contributed by atoms with Crippen LogP contribution >= 0.6 is 0 Å². The Bertz CT molecular complexity index is 444. The van der Waals surface area contributed by atoms with Crippen molar-refractivity contribution in [3.05, 3.63) is 0 Å². The smallest absolute Gasteiger partial charge is 0.321 e. The van der Waals surface area contributed by atoms with Crippen LogP contribution in [0.25, 0.3) is 0 Å². The zero-order valence-corrected chi connectivity index (χ0v) is 20.6. The number of hydrogen-bond acceptors (Lipinski definition) is 3. The molecule has 0 aromatic rings. The van der Waals surface area contributed by atoms with E-state index in [2.05, 4.69) is 24.5 Å². The molecule has 30 heavy (non-hydrogen) atoms. The maximum Gasteiger partial charge on any atom is 0.321 e. The number of carbonyl (C=O) groups is 2. The topological polar surface area (TPSA) is 75.3 Å². The third kappa shape index (κ3) is 21.8. The second kappa shape index (κ2) is 22.8. The molecule has 5 nitrogen and oxygen atoms in total. The van der Waals surface area contributed by atoms with E-state index >= 15 is 0 Å². The van der Waals surface area contributed by atoms with Crippen LogP contribution in [-0.2, 0) is 15.6 Å². The quantitative estimate of drug-likeness (QED) is 0.206. The van der Waals surface area contributed by atoms with Crippen molar-refractivity contribution in [2.75, 3.05) is 18.1 Å². The summed E-state index contributed by atoms with van der Waals surface area (Å²) in [5.74, 6) is 1.13. The normalized spacial score (nSPS) is 11.9. The van der Waals surface area contributed by atoms with Gasteiger partial charge in [0.15, 0.2) is 0 Å². The van der Waals surface area contributed by atoms with Crippen molar-refractivity contribution in [2.45, 2.75) is 123 Å². The van der Waals surface area contributed by atoms with Crippen molar-refractivity contribution >= 4 is 22.7 Å². The Balaban J connectivity index is 3.38. The highest BCUT2D eigenvalue weighted by Crippen LogP contribution is 2.12. The van der Waals surface area contributed by atoms with Crippen molar-refractivity contribution in [2.24, 2.45) is 0 Å². The van der Waals surface area contributed by atoms with Crippen molar-refractivity contribution < 1.29 is 13.8 Å². The highest BCUT2D eigenvalue weighted by Gasteiger charge is 2.07. The zero-order valence-electron chi connectivity index (χ0n) is 19.8. The molecule has 0 aromatic carbocycles. The molecule has 0 aromatic heterocycles. The van der Waals surface area contributed by atoms with E-state index in [0.29, 0.717) is 25.1 Å². The van der Waals surface area contributed by atoms with Gasteiger partial charge >= 0.3 is 6.03 Å². The molecular weight excluding hydrogens is 396 g/mol. The molecule has 0 spiro atoms. The van der Waals surface area contributed by atoms with Gasteiger partial charge in [0.2, 0.25) is 5.91 Å². The van der Waals surface area contributed by atoms with E-state index in [1.807, 2.05) is 0 Å². The molecule has 1 atom stereocenters. The first-order valence-corrected chi connectivity index (χ1v) is 14.0. The molecule has 3 amide bonds. The molecule has 0 saturated heterocycles. The van der Waals surface area contributed by atoms with Crippen molar-refractivity contribution in [1.82, 2.24) is 10.6 Å². The van der Waals surface area contributed by atoms with Crippen LogP contribution in [0.3, 0.4) is 0 Å². The molecule has 178 valence electrons. The highest BCUT2D eigenvalue weighted by molar-refractivity contribution is 7.84. The largest absolute Gasteiger partial charge is 0.338 e. The number of hydrogen-bond donors (Lipinski definition) is 2. The van der Waals surface area contributed by atoms with Gasteiger partial charge in [-0.3, -0.25) is 14.3 Å². The summed E-state index contributed by atoms with van der Waals surface area (Å²) < 4.78 is 11.7. The highest BCUT2D eigenvalue weighted by atomic mass is 32.2. The van der Waals surface area contributed by atoms with Gasteiger partial charge in [0.05, 0.1) is 0 Å². The fourth-order valence-corrected chi connectivity index (χ4v) is 4.66. The summed E-state index contributed by atoms with van der Waals surface area (Å²) in [5, 5.41) is 5.05. The number of amides is 3. The lowest BCUT2D eigenvalue weighted by Crippen LogP contribution is -2.40. The summed E-state index contributed by atoms with van der Waals surface area (Å²) in [5.41, 5.74) is 0. The maximum atomic E-state index is 11.8. The van der Waals surface area contributed by atoms with Gasteiger partial charge < -0.3 is 5.32 Å². The molecule has 0 aliphatic heterocycles. The number of unbranched alkanes of at least 4 members (excludes halogenated alkanes) is 13. The Morgan fingerprint density at radius 1 is 0.633 bits per heavy atom. The average Bonchev–Trinajstić information content (AvgIpc) is 2.73. The molecule has 6 heteroatoms. The van der Waals surface area contributed by atoms with Crippen molar-refractivity contribution in [1.29, 1.82) is 0 Å². The first-order valence-electron chi connectivity index (χ1n) is 12.5. The fourth-order valence-electron chi connectivity index (χ4n) is 3.38. The van der Waals surface area contributed by atoms with Gasteiger partial charge in [-0.15, -0.1) is 0 Å². The molecule has 0 rings (SSSR count). The number of rotatable bonds is 21. The Hall–Kier alpha value is -0.910. The minimum atomic E-state index is -0.796. The molecule has 1 unspecified atom stereocenters. The van der Waals surface area contributed by atoms with E-state index in [-0.39, 0.29) is 5.91 Å². The molecule has 0 bridgehead atoms. The minimum absolute atomic E-state index is 0.206. The van der Waals surface area contributed by atoms with Crippen LogP contribution in [0.4, 0.5) is 4.79 Å². The summed E-state index contributed by atoms with van der Waals surface area (Å²) in [6.45, 7) is 4.79. The van der Waals surface area contributed by atoms with Gasteiger partial charge in [-0.25, -0.2) is 4.79 Å². The van der Waals surface area contributed by atoms with Crippen LogP contribution in [0, 0.1) is 0 Å². The molecule has 0 radical (unpaired) electrons. The molecule has 0 aliphatic rings. The number of urea groups is 1. The van der Waals surface area contributed by atoms with Crippen LogP contribution in [0.5, 0.6) is 0 Å². The molecule has 0 saturated carbocycles. The predicted octanol–water partition coefficient (Wildman–Crippen LogP) is 6.23. The van der Waals surface area contributed by atoms with Crippen molar-refractivity contribution in [3.8, 4) is 0 Å². The van der Waals surface area contributed by atoms with Crippen LogP contribution in [0.1, 0.15) is 123 Å². The maximum absolute atomic E-state index is 11.8. The second-order valence-electron chi connectivity index (χ2n) is 8.35. The van der Waals surface area contributed by atoms with Crippen LogP contribution in [0.2, 0.25) is 0 Å². The summed E-state index contributed by atoms with van der Waals surface area (Å²) in [6.07, 6.45) is 19.7. The average molecular weight is 445 g/mol. The molecular formula is C24H48N2O3S. The lowest BCUT2D eigenvalue weighted by atomic mass is 10.0. The Labute approximate surface area is 188 Å². The summed E-state index contributed by atoms with van der Waals surface area (Å²) in [7, 11) is -0.796. The van der Waals surface area contributed by atoms with E-state index in [1.54, 1.807) is 0 Å². The third-order valence-electron chi connectivity index (χ3n) is 5.32. The van der Waals surface area contributed by atoms with Crippen molar-refractivity contribution in [3.63, 3.8) is 0 Å². The number of nitrogens with one attached hydrogen (secondary N) is 2. The first kappa shape index (κ1) is 29.1. The van der Waals surface area contributed by atoms with E-state index < -0.39 is 16.8 Å².